The highest BCUT2D eigenvalue weighted by Gasteiger charge is 2.27. The Morgan fingerprint density at radius 3 is 1.72 bits per heavy atom. The standard InChI is InChI=1S/C34H39ClO8/c1-7-15-38-18-25(42-33(36)22(3)4)20-40-31-27-11-9-10-12-28(27)32(30-17-24(35)13-14-29(30)31)41-21-26(19-39-16-8-2)43-34(37)23(5)6/h7-13,25-26H,1-3,5,14-21H2,4,6H3. The van der Waals surface area contributed by atoms with Crippen molar-refractivity contribution in [2.24, 2.45) is 0 Å². The minimum Gasteiger partial charge on any atom is -0.489 e. The van der Waals surface area contributed by atoms with Crippen molar-refractivity contribution in [3.8, 4) is 11.5 Å². The number of carbonyl (C=O) groups is 2. The number of hydrogen-bond acceptors (Lipinski definition) is 8. The molecule has 43 heavy (non-hydrogen) atoms. The zero-order chi connectivity index (χ0) is 31.4. The zero-order valence-electron chi connectivity index (χ0n) is 24.8. The average molecular weight is 611 g/mol. The van der Waals surface area contributed by atoms with E-state index in [1.165, 1.54) is 0 Å². The summed E-state index contributed by atoms with van der Waals surface area (Å²) in [5.74, 6) is 0.193. The van der Waals surface area contributed by atoms with Crippen LogP contribution in [0.1, 0.15) is 25.0 Å². The molecule has 0 amide bonds. The molecule has 0 bridgehead atoms. The van der Waals surface area contributed by atoms with Gasteiger partial charge in [0.15, 0.2) is 12.2 Å². The van der Waals surface area contributed by atoms with Crippen LogP contribution in [0.25, 0.3) is 10.8 Å². The molecule has 0 spiro atoms. The molecule has 0 heterocycles. The van der Waals surface area contributed by atoms with Crippen LogP contribution in [0.5, 0.6) is 11.5 Å². The third-order valence-electron chi connectivity index (χ3n) is 6.35. The van der Waals surface area contributed by atoms with Crippen molar-refractivity contribution in [3.05, 3.63) is 96.1 Å². The van der Waals surface area contributed by atoms with E-state index in [2.05, 4.69) is 26.3 Å². The van der Waals surface area contributed by atoms with Crippen molar-refractivity contribution in [2.75, 3.05) is 39.6 Å². The first-order chi connectivity index (χ1) is 20.7. The van der Waals surface area contributed by atoms with Gasteiger partial charge in [-0.1, -0.05) is 67.3 Å². The molecule has 0 N–H and O–H groups in total. The highest BCUT2D eigenvalue weighted by molar-refractivity contribution is 6.30. The van der Waals surface area contributed by atoms with Gasteiger partial charge in [-0.15, -0.1) is 13.2 Å². The lowest BCUT2D eigenvalue weighted by atomic mass is 9.90. The van der Waals surface area contributed by atoms with E-state index >= 15 is 0 Å². The molecular formula is C34H39ClO8. The first kappa shape index (κ1) is 33.6. The van der Waals surface area contributed by atoms with Crippen molar-refractivity contribution in [3.63, 3.8) is 0 Å². The molecule has 8 nitrogen and oxygen atoms in total. The lowest BCUT2D eigenvalue weighted by Gasteiger charge is -2.27. The van der Waals surface area contributed by atoms with Gasteiger partial charge in [-0.05, 0) is 20.3 Å². The molecule has 3 rings (SSSR count). The van der Waals surface area contributed by atoms with Crippen LogP contribution >= 0.6 is 11.6 Å². The van der Waals surface area contributed by atoms with Crippen LogP contribution in [0, 0.1) is 0 Å². The van der Waals surface area contributed by atoms with Gasteiger partial charge >= 0.3 is 11.9 Å². The summed E-state index contributed by atoms with van der Waals surface area (Å²) in [6, 6.07) is 7.67. The van der Waals surface area contributed by atoms with Gasteiger partial charge in [0.05, 0.1) is 26.4 Å². The van der Waals surface area contributed by atoms with E-state index in [-0.39, 0.29) is 37.6 Å². The second kappa shape index (κ2) is 16.7. The summed E-state index contributed by atoms with van der Waals surface area (Å²) in [7, 11) is 0. The summed E-state index contributed by atoms with van der Waals surface area (Å²) >= 11 is 6.52. The van der Waals surface area contributed by atoms with E-state index in [0.717, 1.165) is 21.9 Å². The van der Waals surface area contributed by atoms with E-state index < -0.39 is 24.1 Å². The third kappa shape index (κ3) is 9.58. The third-order valence-corrected chi connectivity index (χ3v) is 6.64. The van der Waals surface area contributed by atoms with Crippen molar-refractivity contribution in [2.45, 2.75) is 38.9 Å². The SMILES string of the molecule is C=CCOCC(COc1c2c(c(OCC(COCC=C)OC(=O)C(=C)C)c3ccccc13)CC(Cl)=CC2)OC(=O)C(=C)C. The van der Waals surface area contributed by atoms with Gasteiger partial charge in [0.25, 0.3) is 0 Å². The minimum absolute atomic E-state index is 0.0354. The van der Waals surface area contributed by atoms with E-state index in [1.807, 2.05) is 30.3 Å². The Labute approximate surface area is 258 Å². The molecule has 0 saturated heterocycles. The largest absolute Gasteiger partial charge is 0.489 e. The number of halogens is 1. The number of ether oxygens (including phenoxy) is 6. The fraction of sp³-hybridized carbons (Fsp3) is 0.353. The smallest absolute Gasteiger partial charge is 0.333 e. The quantitative estimate of drug-likeness (QED) is 0.0853. The molecule has 2 aromatic carbocycles. The normalized spacial score (nSPS) is 13.6. The first-order valence-corrected chi connectivity index (χ1v) is 14.3. The lowest BCUT2D eigenvalue weighted by Crippen LogP contribution is -2.31. The van der Waals surface area contributed by atoms with Gasteiger partial charge in [-0.25, -0.2) is 9.59 Å². The number of benzene rings is 2. The highest BCUT2D eigenvalue weighted by atomic mass is 35.5. The van der Waals surface area contributed by atoms with Gasteiger partial charge in [-0.2, -0.15) is 0 Å². The van der Waals surface area contributed by atoms with Gasteiger partial charge in [0.2, 0.25) is 0 Å². The van der Waals surface area contributed by atoms with Crippen molar-refractivity contribution < 1.29 is 38.0 Å². The Morgan fingerprint density at radius 1 is 0.814 bits per heavy atom. The molecule has 230 valence electrons. The fourth-order valence-electron chi connectivity index (χ4n) is 4.32. The van der Waals surface area contributed by atoms with Crippen LogP contribution in [-0.2, 0) is 41.4 Å². The van der Waals surface area contributed by atoms with E-state index in [1.54, 1.807) is 26.0 Å². The predicted octanol–water partition coefficient (Wildman–Crippen LogP) is 6.20. The number of carbonyl (C=O) groups excluding carboxylic acids is 2. The molecule has 0 aliphatic heterocycles. The Bertz CT molecular complexity index is 1390. The van der Waals surface area contributed by atoms with Crippen LogP contribution in [0.2, 0.25) is 0 Å². The molecule has 0 aromatic heterocycles. The van der Waals surface area contributed by atoms with Crippen molar-refractivity contribution in [1.29, 1.82) is 0 Å². The van der Waals surface area contributed by atoms with Crippen LogP contribution < -0.4 is 9.47 Å². The molecule has 2 atom stereocenters. The molecule has 1 aliphatic rings. The second-order valence-corrected chi connectivity index (χ2v) is 10.6. The maximum atomic E-state index is 12.3. The first-order valence-electron chi connectivity index (χ1n) is 13.9. The van der Waals surface area contributed by atoms with Gasteiger partial charge in [-0.3, -0.25) is 0 Å². The number of allylic oxidation sites excluding steroid dienone is 2. The van der Waals surface area contributed by atoms with Crippen molar-refractivity contribution in [1.82, 2.24) is 0 Å². The summed E-state index contributed by atoms with van der Waals surface area (Å²) in [5.41, 5.74) is 2.31. The van der Waals surface area contributed by atoms with Crippen molar-refractivity contribution >= 4 is 34.3 Å². The summed E-state index contributed by atoms with van der Waals surface area (Å²) in [6.45, 7) is 18.7. The zero-order valence-corrected chi connectivity index (χ0v) is 25.6. The molecular weight excluding hydrogens is 572 g/mol. The Hall–Kier alpha value is -3.85. The fourth-order valence-corrected chi connectivity index (χ4v) is 4.53. The van der Waals surface area contributed by atoms with Gasteiger partial charge in [0, 0.05) is 44.5 Å². The van der Waals surface area contributed by atoms with E-state index in [0.29, 0.717) is 42.6 Å². The van der Waals surface area contributed by atoms with Crippen LogP contribution in [-0.4, -0.2) is 63.8 Å². The van der Waals surface area contributed by atoms with Crippen LogP contribution in [0.15, 0.2) is 85.0 Å². The maximum absolute atomic E-state index is 12.3. The molecule has 0 radical (unpaired) electrons. The number of hydrogen-bond donors (Lipinski definition) is 0. The Kier molecular flexibility index (Phi) is 13.1. The van der Waals surface area contributed by atoms with E-state index in [4.69, 9.17) is 40.0 Å². The molecule has 9 heteroatoms. The summed E-state index contributed by atoms with van der Waals surface area (Å²) in [4.78, 5) is 24.6. The lowest BCUT2D eigenvalue weighted by molar-refractivity contribution is -0.149. The molecule has 0 saturated carbocycles. The molecule has 2 unspecified atom stereocenters. The van der Waals surface area contributed by atoms with Crippen LogP contribution in [0.4, 0.5) is 0 Å². The van der Waals surface area contributed by atoms with Gasteiger partial charge < -0.3 is 28.4 Å². The molecule has 0 fully saturated rings. The Balaban J connectivity index is 1.96. The van der Waals surface area contributed by atoms with Gasteiger partial charge in [0.1, 0.15) is 24.7 Å². The van der Waals surface area contributed by atoms with E-state index in [9.17, 15) is 9.59 Å². The second-order valence-electron chi connectivity index (χ2n) is 10.1. The monoisotopic (exact) mass is 610 g/mol. The summed E-state index contributed by atoms with van der Waals surface area (Å²) in [6.07, 6.45) is 4.72. The Morgan fingerprint density at radius 2 is 1.28 bits per heavy atom. The van der Waals surface area contributed by atoms with Crippen LogP contribution in [0.3, 0.4) is 0 Å². The molecule has 2 aromatic rings. The molecule has 1 aliphatic carbocycles. The summed E-state index contributed by atoms with van der Waals surface area (Å²) < 4.78 is 35.1. The minimum atomic E-state index is -0.691. The number of rotatable bonds is 18. The number of esters is 2. The topological polar surface area (TPSA) is 89.5 Å². The number of fused-ring (bicyclic) bond motifs is 2. The summed E-state index contributed by atoms with van der Waals surface area (Å²) in [5, 5.41) is 2.26. The highest BCUT2D eigenvalue weighted by Crippen LogP contribution is 2.44. The average Bonchev–Trinajstić information content (AvgIpc) is 2.98. The predicted molar refractivity (Wildman–Crippen MR) is 168 cm³/mol. The maximum Gasteiger partial charge on any atom is 0.333 e.